The smallest absolute Gasteiger partial charge is 0.265 e. The van der Waals surface area contributed by atoms with Crippen molar-refractivity contribution in [3.8, 4) is 11.8 Å². The average molecular weight is 284 g/mol. The number of hydrogen-bond acceptors (Lipinski definition) is 4. The summed E-state index contributed by atoms with van der Waals surface area (Å²) in [5.74, 6) is 4.79. The van der Waals surface area contributed by atoms with Crippen LogP contribution in [0.2, 0.25) is 5.02 Å². The van der Waals surface area contributed by atoms with Gasteiger partial charge in [0.05, 0.1) is 17.2 Å². The molecule has 3 N–H and O–H groups in total. The minimum Gasteiger partial charge on any atom is -0.491 e. The highest BCUT2D eigenvalue weighted by molar-refractivity contribution is 6.32. The van der Waals surface area contributed by atoms with E-state index >= 15 is 0 Å². The number of halogens is 1. The summed E-state index contributed by atoms with van der Waals surface area (Å²) in [7, 11) is 0. The van der Waals surface area contributed by atoms with Gasteiger partial charge in [-0.2, -0.15) is 5.26 Å². The molecule has 19 heavy (non-hydrogen) atoms. The first-order chi connectivity index (χ1) is 9.13. The van der Waals surface area contributed by atoms with E-state index in [2.05, 4.69) is 0 Å². The number of ether oxygens (including phenoxy) is 1. The normalized spacial score (nSPS) is 8.84. The van der Waals surface area contributed by atoms with Gasteiger partial charge in [-0.05, 0) is 18.6 Å². The van der Waals surface area contributed by atoms with Crippen LogP contribution in [0.5, 0.6) is 5.75 Å². The van der Waals surface area contributed by atoms with Crippen molar-refractivity contribution in [2.75, 3.05) is 6.61 Å². The van der Waals surface area contributed by atoms with Crippen molar-refractivity contribution in [3.05, 3.63) is 28.3 Å². The predicted molar refractivity (Wildman–Crippen MR) is 75.0 cm³/mol. The molecule has 0 fully saturated rings. The van der Waals surface area contributed by atoms with E-state index in [-0.39, 0.29) is 16.1 Å². The summed E-state index contributed by atoms with van der Waals surface area (Å²) < 4.78 is 5.36. The van der Waals surface area contributed by atoms with E-state index in [0.717, 1.165) is 6.42 Å². The highest BCUT2D eigenvalue weighted by atomic mass is 35.5. The van der Waals surface area contributed by atoms with Crippen LogP contribution in [0.1, 0.15) is 43.1 Å². The monoisotopic (exact) mass is 283 g/mol. The van der Waals surface area contributed by atoms with Crippen molar-refractivity contribution in [1.29, 1.82) is 5.26 Å². The molecule has 0 heterocycles. The molecule has 0 saturated carbocycles. The molecule has 1 aromatic carbocycles. The Hall–Kier alpha value is -1.77. The third kappa shape index (κ3) is 4.78. The van der Waals surface area contributed by atoms with Crippen molar-refractivity contribution in [3.63, 3.8) is 0 Å². The molecule has 0 unspecified atom stereocenters. The highest BCUT2D eigenvalue weighted by Crippen LogP contribution is 2.30. The van der Waals surface area contributed by atoms with Gasteiger partial charge in [0, 0.05) is 5.56 Å². The number of carbonyl (C=O) groups excluding carboxylic acids is 1. The molecule has 0 aliphatic rings. The van der Waals surface area contributed by atoms with Gasteiger partial charge in [-0.25, -0.2) is 5.84 Å². The maximum Gasteiger partial charge on any atom is 0.265 e. The van der Waals surface area contributed by atoms with Crippen LogP contribution in [0.25, 0.3) is 0 Å². The Kier molecular flexibility index (Phi) is 8.34. The summed E-state index contributed by atoms with van der Waals surface area (Å²) in [6, 6.07) is 4.73. The molecule has 0 aromatic heterocycles. The average Bonchev–Trinajstić information content (AvgIpc) is 2.46. The van der Waals surface area contributed by atoms with E-state index in [1.165, 1.54) is 12.1 Å². The Balaban J connectivity index is 0.00000154. The number of benzene rings is 1. The number of hydrazine groups is 1. The predicted octanol–water partition coefficient (Wildman–Crippen LogP) is 2.63. The van der Waals surface area contributed by atoms with Crippen LogP contribution in [0.4, 0.5) is 0 Å². The molecular formula is C13H18ClN3O2. The van der Waals surface area contributed by atoms with E-state index in [0.29, 0.717) is 12.4 Å². The summed E-state index contributed by atoms with van der Waals surface area (Å²) in [5.41, 5.74) is 2.41. The molecule has 0 saturated heterocycles. The fraction of sp³-hybridized carbons (Fsp3) is 0.385. The second-order valence-electron chi connectivity index (χ2n) is 3.27. The van der Waals surface area contributed by atoms with Gasteiger partial charge in [0.25, 0.3) is 5.91 Å². The largest absolute Gasteiger partial charge is 0.491 e. The number of rotatable bonds is 4. The van der Waals surface area contributed by atoms with E-state index in [1.807, 2.05) is 32.3 Å². The van der Waals surface area contributed by atoms with Crippen LogP contribution in [0.3, 0.4) is 0 Å². The number of carbonyl (C=O) groups is 1. The first-order valence-electron chi connectivity index (χ1n) is 6.01. The molecule has 0 radical (unpaired) electrons. The number of nitrogens with zero attached hydrogens (tertiary/aromatic N) is 1. The lowest BCUT2D eigenvalue weighted by atomic mass is 10.1. The number of nitrogens with two attached hydrogens (primary N) is 1. The second kappa shape index (κ2) is 9.20. The molecule has 1 aromatic rings. The van der Waals surface area contributed by atoms with E-state index < -0.39 is 5.91 Å². The molecule has 0 atom stereocenters. The van der Waals surface area contributed by atoms with Crippen molar-refractivity contribution in [2.24, 2.45) is 5.84 Å². The first kappa shape index (κ1) is 17.2. The summed E-state index contributed by atoms with van der Waals surface area (Å²) >= 11 is 5.95. The molecule has 0 aliphatic heterocycles. The van der Waals surface area contributed by atoms with Crippen molar-refractivity contribution in [2.45, 2.75) is 27.2 Å². The number of hydrogen-bond donors (Lipinski definition) is 2. The summed E-state index contributed by atoms with van der Waals surface area (Å²) in [4.78, 5) is 11.3. The standard InChI is InChI=1S/C11H12ClN3O2.C2H6/c1-2-3-17-10-8(6-13)4-7(5-9(10)12)11(16)15-14;1-2/h4-5H,2-3,14H2,1H3,(H,15,16);1-2H3. The van der Waals surface area contributed by atoms with Crippen molar-refractivity contribution < 1.29 is 9.53 Å². The molecule has 0 aliphatic carbocycles. The number of nitriles is 1. The third-order valence-corrected chi connectivity index (χ3v) is 2.29. The van der Waals surface area contributed by atoms with Gasteiger partial charge < -0.3 is 4.74 Å². The lowest BCUT2D eigenvalue weighted by Gasteiger charge is -2.10. The van der Waals surface area contributed by atoms with E-state index in [9.17, 15) is 4.79 Å². The van der Waals surface area contributed by atoms with Crippen LogP contribution in [0, 0.1) is 11.3 Å². The molecule has 6 heteroatoms. The zero-order valence-electron chi connectivity index (χ0n) is 11.3. The van der Waals surface area contributed by atoms with Gasteiger partial charge in [0.1, 0.15) is 6.07 Å². The Morgan fingerprint density at radius 3 is 2.63 bits per heavy atom. The van der Waals surface area contributed by atoms with Crippen LogP contribution < -0.4 is 16.0 Å². The quantitative estimate of drug-likeness (QED) is 0.505. The van der Waals surface area contributed by atoms with Crippen LogP contribution in [-0.2, 0) is 0 Å². The number of nitrogen functional groups attached to an aromatic ring is 1. The van der Waals surface area contributed by atoms with Gasteiger partial charge >= 0.3 is 0 Å². The molecular weight excluding hydrogens is 266 g/mol. The topological polar surface area (TPSA) is 88.1 Å². The maximum absolute atomic E-state index is 11.3. The van der Waals surface area contributed by atoms with Gasteiger partial charge in [-0.3, -0.25) is 10.2 Å². The summed E-state index contributed by atoms with van der Waals surface area (Å²) in [6.45, 7) is 6.40. The molecule has 1 amide bonds. The first-order valence-corrected chi connectivity index (χ1v) is 6.39. The molecule has 5 nitrogen and oxygen atoms in total. The Morgan fingerprint density at radius 2 is 2.16 bits per heavy atom. The van der Waals surface area contributed by atoms with Gasteiger partial charge in [-0.15, -0.1) is 0 Å². The summed E-state index contributed by atoms with van der Waals surface area (Å²) in [6.07, 6.45) is 0.798. The van der Waals surface area contributed by atoms with Crippen LogP contribution >= 0.6 is 11.6 Å². The zero-order chi connectivity index (χ0) is 14.8. The fourth-order valence-electron chi connectivity index (χ4n) is 1.24. The minimum atomic E-state index is -0.509. The number of nitrogens with one attached hydrogen (secondary N) is 1. The van der Waals surface area contributed by atoms with E-state index in [4.69, 9.17) is 27.4 Å². The molecule has 1 rings (SSSR count). The Bertz CT molecular complexity index is 470. The Morgan fingerprint density at radius 1 is 1.53 bits per heavy atom. The van der Waals surface area contributed by atoms with Gasteiger partial charge in [0.2, 0.25) is 0 Å². The van der Waals surface area contributed by atoms with Crippen LogP contribution in [-0.4, -0.2) is 12.5 Å². The fourth-order valence-corrected chi connectivity index (χ4v) is 1.52. The third-order valence-electron chi connectivity index (χ3n) is 2.01. The van der Waals surface area contributed by atoms with E-state index in [1.54, 1.807) is 0 Å². The minimum absolute atomic E-state index is 0.213. The lowest BCUT2D eigenvalue weighted by Crippen LogP contribution is -2.30. The van der Waals surface area contributed by atoms with Gasteiger partial charge in [-0.1, -0.05) is 32.4 Å². The number of amides is 1. The van der Waals surface area contributed by atoms with Crippen LogP contribution in [0.15, 0.2) is 12.1 Å². The Labute approximate surface area is 118 Å². The molecule has 104 valence electrons. The van der Waals surface area contributed by atoms with Crippen molar-refractivity contribution in [1.82, 2.24) is 5.43 Å². The zero-order valence-corrected chi connectivity index (χ0v) is 12.0. The lowest BCUT2D eigenvalue weighted by molar-refractivity contribution is 0.0953. The maximum atomic E-state index is 11.3. The highest BCUT2D eigenvalue weighted by Gasteiger charge is 2.14. The van der Waals surface area contributed by atoms with Gasteiger partial charge in [0.15, 0.2) is 5.75 Å². The molecule has 0 bridgehead atoms. The summed E-state index contributed by atoms with van der Waals surface area (Å²) in [5, 5.41) is 9.19. The SMILES string of the molecule is CC.CCCOc1c(Cl)cc(C(=O)NN)cc1C#N. The molecule has 0 spiro atoms. The van der Waals surface area contributed by atoms with Crippen molar-refractivity contribution >= 4 is 17.5 Å². The second-order valence-corrected chi connectivity index (χ2v) is 3.68.